The van der Waals surface area contributed by atoms with Gasteiger partial charge in [-0.15, -0.1) is 0 Å². The lowest BCUT2D eigenvalue weighted by Crippen LogP contribution is -2.44. The maximum absolute atomic E-state index is 13.1. The van der Waals surface area contributed by atoms with Crippen molar-refractivity contribution in [3.63, 3.8) is 0 Å². The molecule has 2 bridgehead atoms. The number of aromatic nitrogens is 3. The molecule has 2 saturated heterocycles. The SMILES string of the molecule is CN(Cc1nc(-c2cccnc2)no1)C(=O)[C@H]1[C@@H]2C=C[C@@]3(CN(C)C(=O)[C@@H]13)O2. The molecule has 3 aliphatic rings. The van der Waals surface area contributed by atoms with Gasteiger partial charge in [0.2, 0.25) is 23.5 Å². The highest BCUT2D eigenvalue weighted by molar-refractivity contribution is 5.92. The lowest BCUT2D eigenvalue weighted by atomic mass is 9.76. The number of rotatable bonds is 4. The van der Waals surface area contributed by atoms with Crippen LogP contribution in [0.15, 0.2) is 41.2 Å². The Hall–Kier alpha value is -3.07. The third-order valence-corrected chi connectivity index (χ3v) is 5.71. The van der Waals surface area contributed by atoms with Gasteiger partial charge in [-0.05, 0) is 12.1 Å². The molecule has 9 nitrogen and oxygen atoms in total. The van der Waals surface area contributed by atoms with Crippen LogP contribution in [0.1, 0.15) is 5.89 Å². The fourth-order valence-corrected chi connectivity index (χ4v) is 4.44. The molecule has 1 spiro atoms. The average molecular weight is 381 g/mol. The van der Waals surface area contributed by atoms with Gasteiger partial charge >= 0.3 is 0 Å². The van der Waals surface area contributed by atoms with Crippen molar-refractivity contribution in [2.24, 2.45) is 11.8 Å². The van der Waals surface area contributed by atoms with Crippen LogP contribution < -0.4 is 0 Å². The first-order valence-electron chi connectivity index (χ1n) is 9.09. The molecule has 0 saturated carbocycles. The molecule has 2 amide bonds. The van der Waals surface area contributed by atoms with Crippen molar-refractivity contribution in [3.05, 3.63) is 42.6 Å². The summed E-state index contributed by atoms with van der Waals surface area (Å²) in [6, 6.07) is 3.62. The lowest BCUT2D eigenvalue weighted by molar-refractivity contribution is -0.142. The first-order valence-corrected chi connectivity index (χ1v) is 9.09. The van der Waals surface area contributed by atoms with E-state index >= 15 is 0 Å². The van der Waals surface area contributed by atoms with Gasteiger partial charge in [0.15, 0.2) is 0 Å². The van der Waals surface area contributed by atoms with Crippen LogP contribution in [-0.4, -0.2) is 69.1 Å². The molecule has 2 aromatic rings. The molecule has 9 heteroatoms. The molecule has 4 atom stereocenters. The number of carbonyl (C=O) groups is 2. The summed E-state index contributed by atoms with van der Waals surface area (Å²) in [5.74, 6) is -0.480. The quantitative estimate of drug-likeness (QED) is 0.711. The number of hydrogen-bond donors (Lipinski definition) is 0. The molecule has 3 aliphatic heterocycles. The zero-order valence-corrected chi connectivity index (χ0v) is 15.5. The Morgan fingerprint density at radius 3 is 3.11 bits per heavy atom. The van der Waals surface area contributed by atoms with Crippen molar-refractivity contribution in [2.75, 3.05) is 20.6 Å². The van der Waals surface area contributed by atoms with Gasteiger partial charge in [-0.2, -0.15) is 4.98 Å². The third kappa shape index (κ3) is 2.39. The average Bonchev–Trinajstić information content (AvgIpc) is 3.44. The monoisotopic (exact) mass is 381 g/mol. The van der Waals surface area contributed by atoms with Crippen LogP contribution in [0.5, 0.6) is 0 Å². The van der Waals surface area contributed by atoms with Gasteiger partial charge in [0.05, 0.1) is 31.0 Å². The number of amides is 2. The highest BCUT2D eigenvalue weighted by atomic mass is 16.5. The van der Waals surface area contributed by atoms with Crippen LogP contribution >= 0.6 is 0 Å². The summed E-state index contributed by atoms with van der Waals surface area (Å²) in [5, 5.41) is 3.95. The van der Waals surface area contributed by atoms with E-state index in [1.165, 1.54) is 4.90 Å². The zero-order valence-electron chi connectivity index (χ0n) is 15.5. The van der Waals surface area contributed by atoms with E-state index in [4.69, 9.17) is 9.26 Å². The fourth-order valence-electron chi connectivity index (χ4n) is 4.44. The molecule has 144 valence electrons. The number of carbonyl (C=O) groups excluding carboxylic acids is 2. The van der Waals surface area contributed by atoms with E-state index in [9.17, 15) is 9.59 Å². The van der Waals surface area contributed by atoms with Crippen LogP contribution in [0.4, 0.5) is 0 Å². The maximum Gasteiger partial charge on any atom is 0.246 e. The van der Waals surface area contributed by atoms with Gasteiger partial charge in [0.1, 0.15) is 5.60 Å². The fraction of sp³-hybridized carbons (Fsp3) is 0.421. The van der Waals surface area contributed by atoms with Gasteiger partial charge in [-0.1, -0.05) is 17.3 Å². The number of fused-ring (bicyclic) bond motifs is 1. The predicted molar refractivity (Wildman–Crippen MR) is 95.4 cm³/mol. The maximum atomic E-state index is 13.1. The second-order valence-electron chi connectivity index (χ2n) is 7.54. The molecule has 28 heavy (non-hydrogen) atoms. The van der Waals surface area contributed by atoms with Crippen LogP contribution in [0.25, 0.3) is 11.4 Å². The zero-order chi connectivity index (χ0) is 19.5. The minimum absolute atomic E-state index is 0.0461. The highest BCUT2D eigenvalue weighted by Gasteiger charge is 2.66. The van der Waals surface area contributed by atoms with Crippen LogP contribution in [0.3, 0.4) is 0 Å². The standard InChI is InChI=1S/C19H19N5O4/c1-23(9-13-21-16(22-28-13)11-4-3-7-20-8-11)17(25)14-12-5-6-19(27-12)10-24(2)18(26)15(14)19/h3-8,12,14-15H,9-10H2,1-2H3/t12-,14-,15+,19-/m0/s1. The van der Waals surface area contributed by atoms with E-state index in [1.807, 2.05) is 18.2 Å². The summed E-state index contributed by atoms with van der Waals surface area (Å²) in [4.78, 5) is 37.3. The van der Waals surface area contributed by atoms with Gasteiger partial charge in [0.25, 0.3) is 0 Å². The molecule has 0 aliphatic carbocycles. The van der Waals surface area contributed by atoms with E-state index in [-0.39, 0.29) is 24.5 Å². The Morgan fingerprint density at radius 1 is 1.46 bits per heavy atom. The van der Waals surface area contributed by atoms with Gasteiger partial charge in [-0.3, -0.25) is 14.6 Å². The summed E-state index contributed by atoms with van der Waals surface area (Å²) >= 11 is 0. The minimum Gasteiger partial charge on any atom is -0.360 e. The molecule has 2 aromatic heterocycles. The lowest BCUT2D eigenvalue weighted by Gasteiger charge is -2.27. The van der Waals surface area contributed by atoms with E-state index in [0.717, 1.165) is 5.56 Å². The molecule has 5 heterocycles. The Balaban J connectivity index is 1.33. The highest BCUT2D eigenvalue weighted by Crippen LogP contribution is 2.51. The number of hydrogen-bond acceptors (Lipinski definition) is 7. The topological polar surface area (TPSA) is 102 Å². The van der Waals surface area contributed by atoms with Crippen LogP contribution in [0.2, 0.25) is 0 Å². The third-order valence-electron chi connectivity index (χ3n) is 5.71. The molecule has 0 unspecified atom stereocenters. The summed E-state index contributed by atoms with van der Waals surface area (Å²) in [6.45, 7) is 0.637. The number of ether oxygens (including phenoxy) is 1. The summed E-state index contributed by atoms with van der Waals surface area (Å²) < 4.78 is 11.3. The Kier molecular flexibility index (Phi) is 3.63. The molecule has 0 N–H and O–H groups in total. The van der Waals surface area contributed by atoms with Crippen LogP contribution in [-0.2, 0) is 20.9 Å². The van der Waals surface area contributed by atoms with E-state index in [1.54, 1.807) is 37.5 Å². The van der Waals surface area contributed by atoms with Crippen molar-refractivity contribution < 1.29 is 18.8 Å². The normalized spacial score (nSPS) is 30.1. The minimum atomic E-state index is -0.671. The second-order valence-corrected chi connectivity index (χ2v) is 7.54. The van der Waals surface area contributed by atoms with E-state index < -0.39 is 17.4 Å². The largest absolute Gasteiger partial charge is 0.360 e. The molecular formula is C19H19N5O4. The summed E-state index contributed by atoms with van der Waals surface area (Å²) in [5.41, 5.74) is 0.0648. The van der Waals surface area contributed by atoms with Crippen molar-refractivity contribution >= 4 is 11.8 Å². The first kappa shape index (κ1) is 17.1. The van der Waals surface area contributed by atoms with Crippen molar-refractivity contribution in [1.82, 2.24) is 24.9 Å². The van der Waals surface area contributed by atoms with E-state index in [2.05, 4.69) is 15.1 Å². The molecule has 2 fully saturated rings. The number of likely N-dealkylation sites (tertiary alicyclic amines) is 1. The Bertz CT molecular complexity index is 974. The van der Waals surface area contributed by atoms with Gasteiger partial charge in [-0.25, -0.2) is 0 Å². The van der Waals surface area contributed by atoms with Gasteiger partial charge < -0.3 is 19.1 Å². The molecular weight excluding hydrogens is 362 g/mol. The van der Waals surface area contributed by atoms with Crippen molar-refractivity contribution in [3.8, 4) is 11.4 Å². The van der Waals surface area contributed by atoms with Crippen molar-refractivity contribution in [1.29, 1.82) is 0 Å². The Morgan fingerprint density at radius 2 is 2.32 bits per heavy atom. The smallest absolute Gasteiger partial charge is 0.246 e. The Labute approximate surface area is 161 Å². The number of pyridine rings is 1. The van der Waals surface area contributed by atoms with Gasteiger partial charge in [0, 0.05) is 32.1 Å². The predicted octanol–water partition coefficient (Wildman–Crippen LogP) is 0.502. The summed E-state index contributed by atoms with van der Waals surface area (Å²) in [7, 11) is 3.41. The first-order chi connectivity index (χ1) is 13.5. The number of likely N-dealkylation sites (N-methyl/N-ethyl adjacent to an activating group) is 1. The molecule has 0 aromatic carbocycles. The van der Waals surface area contributed by atoms with Crippen molar-refractivity contribution in [2.45, 2.75) is 18.2 Å². The second kappa shape index (κ2) is 5.96. The molecule has 0 radical (unpaired) electrons. The number of nitrogens with zero attached hydrogens (tertiary/aromatic N) is 5. The van der Waals surface area contributed by atoms with E-state index in [0.29, 0.717) is 18.3 Å². The van der Waals surface area contributed by atoms with Crippen LogP contribution in [0, 0.1) is 11.8 Å². The summed E-state index contributed by atoms with van der Waals surface area (Å²) in [6.07, 6.45) is 6.77. The molecule has 5 rings (SSSR count).